The molecule has 2 fully saturated rings. The summed E-state index contributed by atoms with van der Waals surface area (Å²) in [6.07, 6.45) is 11.8. The molecule has 2 aliphatic carbocycles. The highest BCUT2D eigenvalue weighted by atomic mass is 31.2. The fraction of sp³-hybridized carbons (Fsp3) is 0.552. The summed E-state index contributed by atoms with van der Waals surface area (Å²) in [6, 6.07) is 16.6. The molecule has 0 saturated heterocycles. The van der Waals surface area contributed by atoms with Crippen molar-refractivity contribution < 1.29 is 14.1 Å². The molecule has 0 N–H and O–H groups in total. The Labute approximate surface area is 199 Å². The summed E-state index contributed by atoms with van der Waals surface area (Å²) in [5.41, 5.74) is 3.74. The first-order chi connectivity index (χ1) is 16.1. The van der Waals surface area contributed by atoms with Crippen LogP contribution in [0.1, 0.15) is 89.5 Å². The summed E-state index contributed by atoms with van der Waals surface area (Å²) in [7, 11) is -2.59. The molecule has 2 aromatic rings. The van der Waals surface area contributed by atoms with E-state index in [0.29, 0.717) is 17.9 Å². The Bertz CT molecular complexity index is 964. The third-order valence-electron chi connectivity index (χ3n) is 7.85. The van der Waals surface area contributed by atoms with E-state index in [1.54, 1.807) is 0 Å². The van der Waals surface area contributed by atoms with Crippen LogP contribution in [0.5, 0.6) is 0 Å². The number of rotatable bonds is 7. The van der Waals surface area contributed by atoms with Gasteiger partial charge in [0.25, 0.3) is 0 Å². The first-order valence-electron chi connectivity index (χ1n) is 13.0. The lowest BCUT2D eigenvalue weighted by Gasteiger charge is -2.39. The van der Waals surface area contributed by atoms with E-state index in [1.807, 2.05) is 26.0 Å². The van der Waals surface area contributed by atoms with Crippen molar-refractivity contribution in [2.45, 2.75) is 95.3 Å². The largest absolute Gasteiger partial charge is 0.466 e. The predicted molar refractivity (Wildman–Crippen MR) is 138 cm³/mol. The third-order valence-corrected chi connectivity index (χ3v) is 12.2. The van der Waals surface area contributed by atoms with Crippen LogP contribution in [0.15, 0.2) is 48.5 Å². The van der Waals surface area contributed by atoms with Gasteiger partial charge in [0.15, 0.2) is 0 Å². The maximum Gasteiger partial charge on any atom is 0.313 e. The van der Waals surface area contributed by atoms with Gasteiger partial charge in [-0.15, -0.1) is 0 Å². The quantitative estimate of drug-likeness (QED) is 0.310. The lowest BCUT2D eigenvalue weighted by Crippen LogP contribution is -2.30. The van der Waals surface area contributed by atoms with Gasteiger partial charge in [0.05, 0.1) is 12.5 Å². The topological polar surface area (TPSA) is 43.4 Å². The van der Waals surface area contributed by atoms with E-state index in [9.17, 15) is 4.79 Å². The van der Waals surface area contributed by atoms with Crippen molar-refractivity contribution in [2.24, 2.45) is 0 Å². The van der Waals surface area contributed by atoms with Crippen molar-refractivity contribution in [3.05, 3.63) is 54.1 Å². The zero-order valence-corrected chi connectivity index (χ0v) is 21.2. The van der Waals surface area contributed by atoms with E-state index in [2.05, 4.69) is 36.4 Å². The molecular weight excluding hydrogens is 427 g/mol. The maximum atomic E-state index is 15.3. The lowest BCUT2D eigenvalue weighted by atomic mass is 9.96. The molecule has 0 aromatic heterocycles. The Morgan fingerprint density at radius 2 is 1.52 bits per heavy atom. The zero-order chi connectivity index (χ0) is 23.3. The van der Waals surface area contributed by atoms with Crippen LogP contribution < -0.4 is 5.30 Å². The van der Waals surface area contributed by atoms with Gasteiger partial charge in [0, 0.05) is 16.6 Å². The Balaban J connectivity index is 1.77. The van der Waals surface area contributed by atoms with E-state index in [0.717, 1.165) is 47.7 Å². The molecule has 2 aromatic carbocycles. The van der Waals surface area contributed by atoms with Crippen molar-refractivity contribution in [1.82, 2.24) is 0 Å². The fourth-order valence-corrected chi connectivity index (χ4v) is 10.6. The molecule has 0 aliphatic heterocycles. The van der Waals surface area contributed by atoms with Gasteiger partial charge in [0.2, 0.25) is 0 Å². The van der Waals surface area contributed by atoms with E-state index < -0.39 is 7.14 Å². The number of carbonyl (C=O) groups is 1. The van der Waals surface area contributed by atoms with Crippen LogP contribution in [0.2, 0.25) is 0 Å². The first kappa shape index (κ1) is 24.3. The second kappa shape index (κ2) is 11.0. The van der Waals surface area contributed by atoms with E-state index in [1.165, 1.54) is 38.5 Å². The van der Waals surface area contributed by atoms with Crippen molar-refractivity contribution in [3.8, 4) is 11.1 Å². The average molecular weight is 467 g/mol. The molecule has 3 nitrogen and oxygen atoms in total. The molecule has 0 radical (unpaired) electrons. The molecule has 2 aliphatic rings. The van der Waals surface area contributed by atoms with Gasteiger partial charge in [0.1, 0.15) is 7.14 Å². The standard InChI is InChI=1S/C29H39O3P/c1-3-32-29(30)22(2)23-13-12-14-24(21-23)27-19-10-11-20-28(27)33(31,25-15-6-4-7-16-25)26-17-8-5-9-18-26/h10-14,19-22,25-26H,3-9,15-18H2,1-2H3. The Morgan fingerprint density at radius 1 is 0.909 bits per heavy atom. The highest BCUT2D eigenvalue weighted by molar-refractivity contribution is 7.73. The number of ether oxygens (including phenoxy) is 1. The molecule has 4 rings (SSSR count). The Morgan fingerprint density at radius 3 is 2.12 bits per heavy atom. The van der Waals surface area contributed by atoms with Gasteiger partial charge in [-0.25, -0.2) is 0 Å². The fourth-order valence-electron chi connectivity index (χ4n) is 6.02. The molecule has 1 unspecified atom stereocenters. The zero-order valence-electron chi connectivity index (χ0n) is 20.3. The van der Waals surface area contributed by atoms with Crippen molar-refractivity contribution in [1.29, 1.82) is 0 Å². The summed E-state index contributed by atoms with van der Waals surface area (Å²) in [5, 5.41) is 1.09. The van der Waals surface area contributed by atoms with E-state index in [4.69, 9.17) is 4.74 Å². The van der Waals surface area contributed by atoms with Crippen LogP contribution >= 0.6 is 7.14 Å². The molecule has 178 valence electrons. The van der Waals surface area contributed by atoms with Crippen LogP contribution in [0.3, 0.4) is 0 Å². The summed E-state index contributed by atoms with van der Waals surface area (Å²) in [5.74, 6) is -0.515. The molecule has 33 heavy (non-hydrogen) atoms. The normalized spacial score (nSPS) is 19.2. The van der Waals surface area contributed by atoms with E-state index >= 15 is 4.57 Å². The maximum absolute atomic E-state index is 15.3. The number of hydrogen-bond donors (Lipinski definition) is 0. The molecular formula is C29H39O3P. The van der Waals surface area contributed by atoms with Crippen LogP contribution in [0.4, 0.5) is 0 Å². The van der Waals surface area contributed by atoms with Crippen molar-refractivity contribution in [3.63, 3.8) is 0 Å². The van der Waals surface area contributed by atoms with Crippen LogP contribution in [-0.2, 0) is 14.1 Å². The molecule has 0 bridgehead atoms. The molecule has 0 amide bonds. The van der Waals surface area contributed by atoms with Gasteiger partial charge < -0.3 is 9.30 Å². The minimum atomic E-state index is -2.59. The number of esters is 1. The van der Waals surface area contributed by atoms with Gasteiger partial charge >= 0.3 is 5.97 Å². The van der Waals surface area contributed by atoms with Gasteiger partial charge in [-0.05, 0) is 56.2 Å². The first-order valence-corrected chi connectivity index (χ1v) is 14.9. The number of carbonyl (C=O) groups excluding carboxylic acids is 1. The van der Waals surface area contributed by atoms with Gasteiger partial charge in [-0.2, -0.15) is 0 Å². The smallest absolute Gasteiger partial charge is 0.313 e. The average Bonchev–Trinajstić information content (AvgIpc) is 2.89. The second-order valence-corrected chi connectivity index (χ2v) is 13.3. The SMILES string of the molecule is CCOC(=O)C(C)c1cccc(-c2ccccc2P(=O)(C2CCCCC2)C2CCCCC2)c1. The molecule has 0 spiro atoms. The Hall–Kier alpha value is -1.86. The summed E-state index contributed by atoms with van der Waals surface area (Å²) in [4.78, 5) is 12.4. The lowest BCUT2D eigenvalue weighted by molar-refractivity contribution is -0.144. The molecule has 2 saturated carbocycles. The minimum absolute atomic E-state index is 0.196. The second-order valence-electron chi connectivity index (χ2n) is 9.91. The number of benzene rings is 2. The van der Waals surface area contributed by atoms with Crippen LogP contribution in [-0.4, -0.2) is 23.9 Å². The van der Waals surface area contributed by atoms with Gasteiger partial charge in [-0.3, -0.25) is 4.79 Å². The van der Waals surface area contributed by atoms with Crippen LogP contribution in [0, 0.1) is 0 Å². The highest BCUT2D eigenvalue weighted by Gasteiger charge is 2.43. The monoisotopic (exact) mass is 466 g/mol. The molecule has 0 heterocycles. The minimum Gasteiger partial charge on any atom is -0.466 e. The van der Waals surface area contributed by atoms with Gasteiger partial charge in [-0.1, -0.05) is 87.1 Å². The molecule has 4 heteroatoms. The predicted octanol–water partition coefficient (Wildman–Crippen LogP) is 7.67. The highest BCUT2D eigenvalue weighted by Crippen LogP contribution is 2.62. The third kappa shape index (κ3) is 5.14. The summed E-state index contributed by atoms with van der Waals surface area (Å²) >= 11 is 0. The number of hydrogen-bond acceptors (Lipinski definition) is 3. The summed E-state index contributed by atoms with van der Waals surface area (Å²) in [6.45, 7) is 4.13. The van der Waals surface area contributed by atoms with Crippen LogP contribution in [0.25, 0.3) is 11.1 Å². The Kier molecular flexibility index (Phi) is 8.12. The van der Waals surface area contributed by atoms with Crippen molar-refractivity contribution >= 4 is 18.4 Å². The van der Waals surface area contributed by atoms with E-state index in [-0.39, 0.29) is 11.9 Å². The van der Waals surface area contributed by atoms with Crippen molar-refractivity contribution in [2.75, 3.05) is 6.61 Å². The summed E-state index contributed by atoms with van der Waals surface area (Å²) < 4.78 is 20.5. The molecule has 1 atom stereocenters.